The van der Waals surface area contributed by atoms with Crippen molar-refractivity contribution in [2.24, 2.45) is 0 Å². The number of carbonyl (C=O) groups excluding carboxylic acids is 2. The third-order valence-corrected chi connectivity index (χ3v) is 7.79. The molecule has 0 saturated carbocycles. The van der Waals surface area contributed by atoms with Gasteiger partial charge in [-0.2, -0.15) is 0 Å². The number of aliphatic hydroxyl groups excluding tert-OH is 1. The first-order chi connectivity index (χ1) is 19.8. The minimum absolute atomic E-state index is 0.0552. The Labute approximate surface area is 250 Å². The third-order valence-electron chi connectivity index (χ3n) is 7.79. The van der Waals surface area contributed by atoms with Crippen LogP contribution >= 0.6 is 0 Å². The summed E-state index contributed by atoms with van der Waals surface area (Å²) in [5, 5.41) is 11.7. The summed E-state index contributed by atoms with van der Waals surface area (Å²) in [7, 11) is 1.62. The summed E-state index contributed by atoms with van der Waals surface area (Å²) in [6, 6.07) is 20.4. The Hall–Kier alpha value is -4.06. The summed E-state index contributed by atoms with van der Waals surface area (Å²) in [6.07, 6.45) is 0.546. The Morgan fingerprint density at radius 3 is 2.07 bits per heavy atom. The molecule has 0 spiro atoms. The van der Waals surface area contributed by atoms with Crippen molar-refractivity contribution in [3.05, 3.63) is 100 Å². The van der Waals surface area contributed by atoms with Crippen LogP contribution in [0.25, 0.3) is 5.76 Å². The molecule has 3 aromatic rings. The molecule has 1 atom stereocenters. The molecule has 0 bridgehead atoms. The van der Waals surface area contributed by atoms with Crippen LogP contribution in [0.15, 0.2) is 72.3 Å². The summed E-state index contributed by atoms with van der Waals surface area (Å²) < 4.78 is 11.1. The Morgan fingerprint density at radius 2 is 1.52 bits per heavy atom. The first-order valence-electron chi connectivity index (χ1n) is 14.6. The van der Waals surface area contributed by atoms with Crippen molar-refractivity contribution in [3.63, 3.8) is 0 Å². The standard InChI is InChI=1S/C36H43NO5/c1-9-42-29-19-14-25(22-28(29)36(5,6)7)32(38)30-31(24-12-15-26(16-13-24)35(2,3)4)37(34(40)33(30)39)21-20-23-10-17-27(41-8)18-11-23/h10-19,22,31,38H,9,20-21H2,1-8H3/b32-30-. The van der Waals surface area contributed by atoms with Crippen LogP contribution in [0.4, 0.5) is 0 Å². The summed E-state index contributed by atoms with van der Waals surface area (Å²) in [6.45, 7) is 15.4. The number of carbonyl (C=O) groups is 2. The van der Waals surface area contributed by atoms with Gasteiger partial charge < -0.3 is 19.5 Å². The number of ketones is 1. The molecule has 1 N–H and O–H groups in total. The number of Topliss-reactive ketones (excluding diaryl/α,β-unsaturated/α-hetero) is 1. The van der Waals surface area contributed by atoms with E-state index >= 15 is 0 Å². The maximum atomic E-state index is 13.6. The van der Waals surface area contributed by atoms with Crippen molar-refractivity contribution in [1.82, 2.24) is 4.90 Å². The number of hydrogen-bond donors (Lipinski definition) is 1. The molecule has 6 heteroatoms. The fourth-order valence-electron chi connectivity index (χ4n) is 5.36. The summed E-state index contributed by atoms with van der Waals surface area (Å²) in [5.74, 6) is 0.00735. The molecule has 4 rings (SSSR count). The lowest BCUT2D eigenvalue weighted by molar-refractivity contribution is -0.139. The number of nitrogens with zero attached hydrogens (tertiary/aromatic N) is 1. The first-order valence-corrected chi connectivity index (χ1v) is 14.6. The smallest absolute Gasteiger partial charge is 0.295 e. The maximum absolute atomic E-state index is 13.6. The van der Waals surface area contributed by atoms with Crippen LogP contribution in [-0.4, -0.2) is 42.0 Å². The molecule has 0 radical (unpaired) electrons. The van der Waals surface area contributed by atoms with Crippen LogP contribution in [0.2, 0.25) is 0 Å². The van der Waals surface area contributed by atoms with Crippen molar-refractivity contribution >= 4 is 17.4 Å². The SMILES string of the molecule is CCOc1ccc(/C(O)=C2/C(=O)C(=O)N(CCc3ccc(OC)cc3)C2c2ccc(C(C)(C)C)cc2)cc1C(C)(C)C. The molecule has 1 heterocycles. The van der Waals surface area contributed by atoms with Gasteiger partial charge >= 0.3 is 0 Å². The number of hydrogen-bond acceptors (Lipinski definition) is 5. The van der Waals surface area contributed by atoms with Gasteiger partial charge in [0.05, 0.1) is 25.3 Å². The zero-order valence-corrected chi connectivity index (χ0v) is 26.1. The highest BCUT2D eigenvalue weighted by Gasteiger charge is 2.46. The normalized spacial score (nSPS) is 17.0. The molecule has 1 aliphatic rings. The number of amides is 1. The van der Waals surface area contributed by atoms with Crippen molar-refractivity contribution in [1.29, 1.82) is 0 Å². The molecule has 0 aromatic heterocycles. The molecule has 1 fully saturated rings. The highest BCUT2D eigenvalue weighted by molar-refractivity contribution is 6.46. The van der Waals surface area contributed by atoms with Crippen LogP contribution in [0, 0.1) is 0 Å². The van der Waals surface area contributed by atoms with Crippen LogP contribution in [0.1, 0.15) is 82.3 Å². The van der Waals surface area contributed by atoms with E-state index in [9.17, 15) is 14.7 Å². The lowest BCUT2D eigenvalue weighted by Crippen LogP contribution is -2.31. The van der Waals surface area contributed by atoms with Gasteiger partial charge in [-0.3, -0.25) is 9.59 Å². The maximum Gasteiger partial charge on any atom is 0.295 e. The van der Waals surface area contributed by atoms with Gasteiger partial charge in [0.1, 0.15) is 17.3 Å². The first kappa shape index (κ1) is 30.9. The molecule has 1 unspecified atom stereocenters. The van der Waals surface area contributed by atoms with E-state index in [4.69, 9.17) is 9.47 Å². The fourth-order valence-corrected chi connectivity index (χ4v) is 5.36. The second kappa shape index (κ2) is 12.0. The highest BCUT2D eigenvalue weighted by atomic mass is 16.5. The van der Waals surface area contributed by atoms with Gasteiger partial charge in [-0.05, 0) is 71.2 Å². The van der Waals surface area contributed by atoms with Gasteiger partial charge in [0, 0.05) is 17.7 Å². The van der Waals surface area contributed by atoms with Crippen molar-refractivity contribution in [2.45, 2.75) is 71.8 Å². The topological polar surface area (TPSA) is 76.1 Å². The Bertz CT molecular complexity index is 1470. The van der Waals surface area contributed by atoms with E-state index in [1.54, 1.807) is 18.1 Å². The van der Waals surface area contributed by atoms with Crippen molar-refractivity contribution in [2.75, 3.05) is 20.3 Å². The molecule has 3 aromatic carbocycles. The number of methoxy groups -OCH3 is 1. The van der Waals surface area contributed by atoms with Gasteiger partial charge in [-0.25, -0.2) is 0 Å². The Morgan fingerprint density at radius 1 is 0.881 bits per heavy atom. The second-order valence-electron chi connectivity index (χ2n) is 12.9. The Balaban J connectivity index is 1.82. The van der Waals surface area contributed by atoms with Crippen molar-refractivity contribution < 1.29 is 24.2 Å². The zero-order valence-electron chi connectivity index (χ0n) is 26.1. The number of benzene rings is 3. The molecule has 1 aliphatic heterocycles. The van der Waals surface area contributed by atoms with Gasteiger partial charge in [0.15, 0.2) is 0 Å². The zero-order chi connectivity index (χ0) is 30.8. The fraction of sp³-hybridized carbons (Fsp3) is 0.389. The van der Waals surface area contributed by atoms with Crippen LogP contribution < -0.4 is 9.47 Å². The van der Waals surface area contributed by atoms with E-state index in [1.165, 1.54) is 0 Å². The van der Waals surface area contributed by atoms with Gasteiger partial charge in [-0.1, -0.05) is 77.9 Å². The largest absolute Gasteiger partial charge is 0.507 e. The van der Waals surface area contributed by atoms with E-state index in [0.717, 1.165) is 33.8 Å². The predicted octanol–water partition coefficient (Wildman–Crippen LogP) is 7.35. The quantitative estimate of drug-likeness (QED) is 0.174. The van der Waals surface area contributed by atoms with E-state index in [1.807, 2.05) is 67.6 Å². The summed E-state index contributed by atoms with van der Waals surface area (Å²) in [4.78, 5) is 28.8. The minimum Gasteiger partial charge on any atom is -0.507 e. The predicted molar refractivity (Wildman–Crippen MR) is 167 cm³/mol. The summed E-state index contributed by atoms with van der Waals surface area (Å²) in [5.41, 5.74) is 4.10. The number of aliphatic hydroxyl groups is 1. The van der Waals surface area contributed by atoms with Gasteiger partial charge in [0.2, 0.25) is 0 Å². The highest BCUT2D eigenvalue weighted by Crippen LogP contribution is 2.41. The van der Waals surface area contributed by atoms with E-state index < -0.39 is 17.7 Å². The molecular weight excluding hydrogens is 526 g/mol. The molecule has 6 nitrogen and oxygen atoms in total. The molecule has 42 heavy (non-hydrogen) atoms. The number of rotatable bonds is 8. The molecular formula is C36H43NO5. The van der Waals surface area contributed by atoms with E-state index in [-0.39, 0.29) is 22.2 Å². The van der Waals surface area contributed by atoms with Crippen molar-refractivity contribution in [3.8, 4) is 11.5 Å². The monoisotopic (exact) mass is 569 g/mol. The summed E-state index contributed by atoms with van der Waals surface area (Å²) >= 11 is 0. The Kier molecular flexibility index (Phi) is 8.86. The van der Waals surface area contributed by atoms with E-state index in [0.29, 0.717) is 25.1 Å². The number of likely N-dealkylation sites (tertiary alicyclic amines) is 1. The van der Waals surface area contributed by atoms with E-state index in [2.05, 4.69) is 41.5 Å². The lowest BCUT2D eigenvalue weighted by atomic mass is 9.84. The molecule has 222 valence electrons. The van der Waals surface area contributed by atoms with Crippen LogP contribution in [-0.2, 0) is 26.8 Å². The average molecular weight is 570 g/mol. The molecule has 1 amide bonds. The lowest BCUT2D eigenvalue weighted by Gasteiger charge is -2.27. The van der Waals surface area contributed by atoms with Crippen LogP contribution in [0.5, 0.6) is 11.5 Å². The average Bonchev–Trinajstić information content (AvgIpc) is 3.20. The van der Waals surface area contributed by atoms with Crippen LogP contribution in [0.3, 0.4) is 0 Å². The molecule has 1 saturated heterocycles. The second-order valence-corrected chi connectivity index (χ2v) is 12.9. The number of ether oxygens (including phenoxy) is 2. The molecule has 0 aliphatic carbocycles. The third kappa shape index (κ3) is 6.38. The van der Waals surface area contributed by atoms with Gasteiger partial charge in [-0.15, -0.1) is 0 Å². The van der Waals surface area contributed by atoms with Gasteiger partial charge in [0.25, 0.3) is 11.7 Å². The minimum atomic E-state index is -0.720.